The largest absolute Gasteiger partial charge is 0.368 e. The lowest BCUT2D eigenvalue weighted by atomic mass is 10.1. The van der Waals surface area contributed by atoms with E-state index in [1.54, 1.807) is 13.1 Å². The highest BCUT2D eigenvalue weighted by atomic mass is 16.1. The van der Waals surface area contributed by atoms with Crippen LogP contribution in [0.4, 0.5) is 0 Å². The molecule has 1 aromatic heterocycles. The van der Waals surface area contributed by atoms with Gasteiger partial charge in [0.15, 0.2) is 0 Å². The minimum absolute atomic E-state index is 0.316. The van der Waals surface area contributed by atoms with Gasteiger partial charge in [-0.25, -0.2) is 0 Å². The van der Waals surface area contributed by atoms with Crippen LogP contribution in [0.2, 0.25) is 0 Å². The molecule has 0 saturated carbocycles. The SMILES string of the molecule is C[C@H](NCc1ccc(Cn2cccn2)cc1)C(N)=O. The maximum atomic E-state index is 10.9. The number of nitrogens with zero attached hydrogens (tertiary/aromatic N) is 2. The van der Waals surface area contributed by atoms with Gasteiger partial charge in [0.05, 0.1) is 12.6 Å². The number of nitrogens with two attached hydrogens (primary N) is 1. The van der Waals surface area contributed by atoms with Crippen LogP contribution in [0.15, 0.2) is 42.7 Å². The van der Waals surface area contributed by atoms with Crippen molar-refractivity contribution in [2.24, 2.45) is 5.73 Å². The molecule has 0 spiro atoms. The highest BCUT2D eigenvalue weighted by Gasteiger charge is 2.06. The highest BCUT2D eigenvalue weighted by molar-refractivity contribution is 5.79. The molecule has 0 unspecified atom stereocenters. The lowest BCUT2D eigenvalue weighted by molar-refractivity contribution is -0.119. The van der Waals surface area contributed by atoms with Crippen molar-refractivity contribution < 1.29 is 4.79 Å². The predicted molar refractivity (Wildman–Crippen MR) is 73.3 cm³/mol. The highest BCUT2D eigenvalue weighted by Crippen LogP contribution is 2.06. The minimum Gasteiger partial charge on any atom is -0.368 e. The average molecular weight is 258 g/mol. The topological polar surface area (TPSA) is 72.9 Å². The molecule has 100 valence electrons. The molecule has 0 aliphatic heterocycles. The summed E-state index contributed by atoms with van der Waals surface area (Å²) < 4.78 is 1.88. The van der Waals surface area contributed by atoms with E-state index in [0.29, 0.717) is 6.54 Å². The third-order valence-electron chi connectivity index (χ3n) is 2.97. The van der Waals surface area contributed by atoms with Gasteiger partial charge in [-0.3, -0.25) is 9.48 Å². The van der Waals surface area contributed by atoms with E-state index in [1.165, 1.54) is 5.56 Å². The Bertz CT molecular complexity index is 519. The Labute approximate surface area is 112 Å². The molecule has 0 fully saturated rings. The molecular weight excluding hydrogens is 240 g/mol. The van der Waals surface area contributed by atoms with Gasteiger partial charge in [0, 0.05) is 18.9 Å². The minimum atomic E-state index is -0.338. The molecule has 5 heteroatoms. The van der Waals surface area contributed by atoms with Crippen molar-refractivity contribution >= 4 is 5.91 Å². The summed E-state index contributed by atoms with van der Waals surface area (Å²) >= 11 is 0. The molecular formula is C14H18N4O. The number of rotatable bonds is 6. The molecule has 2 rings (SSSR count). The normalized spacial score (nSPS) is 12.3. The van der Waals surface area contributed by atoms with Crippen molar-refractivity contribution in [2.75, 3.05) is 0 Å². The molecule has 0 radical (unpaired) electrons. The molecule has 1 atom stereocenters. The third kappa shape index (κ3) is 3.93. The Morgan fingerprint density at radius 3 is 2.63 bits per heavy atom. The van der Waals surface area contributed by atoms with E-state index < -0.39 is 0 Å². The van der Waals surface area contributed by atoms with E-state index in [4.69, 9.17) is 5.73 Å². The lowest BCUT2D eigenvalue weighted by Crippen LogP contribution is -2.38. The molecule has 3 N–H and O–H groups in total. The zero-order valence-corrected chi connectivity index (χ0v) is 10.9. The van der Waals surface area contributed by atoms with Crippen LogP contribution in [0.3, 0.4) is 0 Å². The summed E-state index contributed by atoms with van der Waals surface area (Å²) in [6, 6.07) is 9.80. The van der Waals surface area contributed by atoms with Crippen LogP contribution in [0.25, 0.3) is 0 Å². The molecule has 1 aromatic carbocycles. The number of carbonyl (C=O) groups excluding carboxylic acids is 1. The zero-order valence-electron chi connectivity index (χ0n) is 10.9. The third-order valence-corrected chi connectivity index (χ3v) is 2.97. The number of aromatic nitrogens is 2. The number of amides is 1. The maximum absolute atomic E-state index is 10.9. The Morgan fingerprint density at radius 1 is 1.37 bits per heavy atom. The van der Waals surface area contributed by atoms with Gasteiger partial charge < -0.3 is 11.1 Å². The van der Waals surface area contributed by atoms with Gasteiger partial charge in [0.2, 0.25) is 5.91 Å². The van der Waals surface area contributed by atoms with Gasteiger partial charge in [0.1, 0.15) is 0 Å². The van der Waals surface area contributed by atoms with Crippen LogP contribution in [-0.4, -0.2) is 21.7 Å². The molecule has 0 saturated heterocycles. The number of hydrogen-bond donors (Lipinski definition) is 2. The number of benzene rings is 1. The van der Waals surface area contributed by atoms with Crippen molar-refractivity contribution in [1.29, 1.82) is 0 Å². The van der Waals surface area contributed by atoms with Crippen LogP contribution in [-0.2, 0) is 17.9 Å². The fourth-order valence-corrected chi connectivity index (χ4v) is 1.72. The van der Waals surface area contributed by atoms with E-state index in [-0.39, 0.29) is 11.9 Å². The number of carbonyl (C=O) groups is 1. The molecule has 2 aromatic rings. The quantitative estimate of drug-likeness (QED) is 0.808. The first-order chi connectivity index (χ1) is 9.15. The van der Waals surface area contributed by atoms with Crippen molar-refractivity contribution in [3.8, 4) is 0 Å². The smallest absolute Gasteiger partial charge is 0.234 e. The first-order valence-electron chi connectivity index (χ1n) is 6.23. The van der Waals surface area contributed by atoms with E-state index in [2.05, 4.69) is 22.5 Å². The fourth-order valence-electron chi connectivity index (χ4n) is 1.72. The summed E-state index contributed by atoms with van der Waals surface area (Å²) in [6.45, 7) is 3.15. The van der Waals surface area contributed by atoms with Gasteiger partial charge in [-0.1, -0.05) is 24.3 Å². The molecule has 0 aliphatic carbocycles. The second kappa shape index (κ2) is 6.15. The van der Waals surface area contributed by atoms with Crippen LogP contribution in [0, 0.1) is 0 Å². The summed E-state index contributed by atoms with van der Waals surface area (Å²) in [6.07, 6.45) is 3.70. The first-order valence-corrected chi connectivity index (χ1v) is 6.23. The van der Waals surface area contributed by atoms with Crippen LogP contribution >= 0.6 is 0 Å². The number of primary amides is 1. The monoisotopic (exact) mass is 258 g/mol. The van der Waals surface area contributed by atoms with Gasteiger partial charge in [-0.2, -0.15) is 5.10 Å². The second-order valence-electron chi connectivity index (χ2n) is 4.53. The molecule has 0 bridgehead atoms. The van der Waals surface area contributed by atoms with Crippen molar-refractivity contribution in [2.45, 2.75) is 26.1 Å². The molecule has 1 amide bonds. The summed E-state index contributed by atoms with van der Waals surface area (Å²) in [5.74, 6) is -0.338. The van der Waals surface area contributed by atoms with Crippen molar-refractivity contribution in [1.82, 2.24) is 15.1 Å². The maximum Gasteiger partial charge on any atom is 0.234 e. The molecule has 19 heavy (non-hydrogen) atoms. The van der Waals surface area contributed by atoms with Crippen LogP contribution < -0.4 is 11.1 Å². The Hall–Kier alpha value is -2.14. The van der Waals surface area contributed by atoms with Gasteiger partial charge in [0.25, 0.3) is 0 Å². The Balaban J connectivity index is 1.89. The van der Waals surface area contributed by atoms with Gasteiger partial charge in [-0.15, -0.1) is 0 Å². The lowest BCUT2D eigenvalue weighted by Gasteiger charge is -2.10. The van der Waals surface area contributed by atoms with Gasteiger partial charge >= 0.3 is 0 Å². The second-order valence-corrected chi connectivity index (χ2v) is 4.53. The number of hydrogen-bond acceptors (Lipinski definition) is 3. The Kier molecular flexibility index (Phi) is 4.30. The van der Waals surface area contributed by atoms with Crippen LogP contribution in [0.5, 0.6) is 0 Å². The number of nitrogens with one attached hydrogen (secondary N) is 1. The average Bonchev–Trinajstić information content (AvgIpc) is 2.90. The van der Waals surface area contributed by atoms with E-state index >= 15 is 0 Å². The van der Waals surface area contributed by atoms with Crippen LogP contribution in [0.1, 0.15) is 18.1 Å². The summed E-state index contributed by atoms with van der Waals surface area (Å²) in [7, 11) is 0. The first kappa shape index (κ1) is 13.3. The zero-order chi connectivity index (χ0) is 13.7. The molecule has 0 aliphatic rings. The van der Waals surface area contributed by atoms with Crippen molar-refractivity contribution in [3.63, 3.8) is 0 Å². The fraction of sp³-hybridized carbons (Fsp3) is 0.286. The summed E-state index contributed by atoms with van der Waals surface area (Å²) in [4.78, 5) is 10.9. The van der Waals surface area contributed by atoms with Gasteiger partial charge in [-0.05, 0) is 24.1 Å². The molecule has 5 nitrogen and oxygen atoms in total. The Morgan fingerprint density at radius 2 is 2.05 bits per heavy atom. The van der Waals surface area contributed by atoms with E-state index in [9.17, 15) is 4.79 Å². The summed E-state index contributed by atoms with van der Waals surface area (Å²) in [5.41, 5.74) is 7.50. The molecule has 1 heterocycles. The van der Waals surface area contributed by atoms with Crippen molar-refractivity contribution in [3.05, 3.63) is 53.9 Å². The predicted octanol–water partition coefficient (Wildman–Crippen LogP) is 0.895. The van der Waals surface area contributed by atoms with E-state index in [0.717, 1.165) is 12.1 Å². The summed E-state index contributed by atoms with van der Waals surface area (Å²) in [5, 5.41) is 7.24. The standard InChI is InChI=1S/C14H18N4O/c1-11(14(15)19)16-9-12-3-5-13(6-4-12)10-18-8-2-7-17-18/h2-8,11,16H,9-10H2,1H3,(H2,15,19)/t11-/m0/s1. The van der Waals surface area contributed by atoms with E-state index in [1.807, 2.05) is 29.1 Å².